The highest BCUT2D eigenvalue weighted by molar-refractivity contribution is 7.93. The molecule has 3 aromatic carbocycles. The van der Waals surface area contributed by atoms with Crippen molar-refractivity contribution in [3.8, 4) is 11.1 Å². The van der Waals surface area contributed by atoms with Gasteiger partial charge in [-0.2, -0.15) is 0 Å². The van der Waals surface area contributed by atoms with Gasteiger partial charge in [0.25, 0.3) is 10.0 Å². The van der Waals surface area contributed by atoms with E-state index in [1.165, 1.54) is 4.31 Å². The summed E-state index contributed by atoms with van der Waals surface area (Å²) in [5.74, 6) is -0.422. The monoisotopic (exact) mass is 440 g/mol. The molecular weight excluding hydrogens is 420 g/mol. The molecule has 0 spiro atoms. The highest BCUT2D eigenvalue weighted by Gasteiger charge is 2.35. The third-order valence-electron chi connectivity index (χ3n) is 5.23. The summed E-state index contributed by atoms with van der Waals surface area (Å²) in [6.07, 6.45) is 0.832. The van der Waals surface area contributed by atoms with Gasteiger partial charge in [-0.15, -0.1) is 0 Å². The molecule has 3 aromatic rings. The maximum Gasteiger partial charge on any atom is 0.265 e. The van der Waals surface area contributed by atoms with Crippen molar-refractivity contribution in [1.29, 1.82) is 0 Å². The molecule has 0 atom stereocenters. The smallest absolute Gasteiger partial charge is 0.265 e. The predicted octanol–water partition coefficient (Wildman–Crippen LogP) is 5.03. The molecule has 1 amide bonds. The van der Waals surface area contributed by atoms with Crippen molar-refractivity contribution < 1.29 is 13.2 Å². The van der Waals surface area contributed by atoms with Crippen LogP contribution in [-0.2, 0) is 21.2 Å². The Balaban J connectivity index is 1.73. The summed E-state index contributed by atoms with van der Waals surface area (Å²) < 4.78 is 27.9. The summed E-state index contributed by atoms with van der Waals surface area (Å²) >= 11 is 5.98. The Hall–Kier alpha value is -2.83. The van der Waals surface area contributed by atoms with E-state index in [4.69, 9.17) is 11.6 Å². The molecule has 1 aliphatic rings. The third-order valence-corrected chi connectivity index (χ3v) is 7.29. The first-order valence-corrected chi connectivity index (χ1v) is 11.4. The molecule has 0 radical (unpaired) electrons. The van der Waals surface area contributed by atoms with Crippen LogP contribution in [0.2, 0.25) is 5.02 Å². The van der Waals surface area contributed by atoms with Gasteiger partial charge >= 0.3 is 0 Å². The Labute approximate surface area is 181 Å². The maximum absolute atomic E-state index is 13.3. The Kier molecular flexibility index (Phi) is 5.30. The molecule has 30 heavy (non-hydrogen) atoms. The van der Waals surface area contributed by atoms with Crippen molar-refractivity contribution in [3.05, 3.63) is 76.8 Å². The molecule has 0 saturated heterocycles. The Morgan fingerprint density at radius 2 is 1.80 bits per heavy atom. The van der Waals surface area contributed by atoms with Gasteiger partial charge in [-0.05, 0) is 60.9 Å². The SMILES string of the molecule is CCc1ccc2c(c1)-c1ccccc1S(=O)(=O)N2CC(=O)Nc1ccc(Cl)cc1C. The zero-order valence-electron chi connectivity index (χ0n) is 16.6. The molecule has 0 bridgehead atoms. The minimum Gasteiger partial charge on any atom is -0.324 e. The van der Waals surface area contributed by atoms with Crippen LogP contribution in [0.5, 0.6) is 0 Å². The number of anilines is 2. The highest BCUT2D eigenvalue weighted by Crippen LogP contribution is 2.43. The minimum atomic E-state index is -3.87. The summed E-state index contributed by atoms with van der Waals surface area (Å²) in [4.78, 5) is 13.0. The van der Waals surface area contributed by atoms with Gasteiger partial charge < -0.3 is 5.32 Å². The third kappa shape index (κ3) is 3.57. The molecule has 0 fully saturated rings. The molecule has 7 heteroatoms. The second-order valence-corrected chi connectivity index (χ2v) is 9.49. The molecular formula is C23H21ClN2O3S. The first-order chi connectivity index (χ1) is 14.3. The largest absolute Gasteiger partial charge is 0.324 e. The van der Waals surface area contributed by atoms with Gasteiger partial charge in [0, 0.05) is 21.8 Å². The van der Waals surface area contributed by atoms with Crippen LogP contribution in [0.25, 0.3) is 11.1 Å². The number of nitrogens with one attached hydrogen (secondary N) is 1. The number of carbonyl (C=O) groups excluding carboxylic acids is 1. The lowest BCUT2D eigenvalue weighted by Gasteiger charge is -2.32. The summed E-state index contributed by atoms with van der Waals surface area (Å²) in [6.45, 7) is 3.56. The van der Waals surface area contributed by atoms with E-state index < -0.39 is 15.9 Å². The number of carbonyl (C=O) groups is 1. The highest BCUT2D eigenvalue weighted by atomic mass is 35.5. The lowest BCUT2D eigenvalue weighted by Crippen LogP contribution is -2.40. The van der Waals surface area contributed by atoms with E-state index in [9.17, 15) is 13.2 Å². The zero-order chi connectivity index (χ0) is 21.5. The number of amides is 1. The second kappa shape index (κ2) is 7.78. The molecule has 0 aliphatic carbocycles. The number of rotatable bonds is 4. The van der Waals surface area contributed by atoms with Gasteiger partial charge in [0.05, 0.1) is 10.6 Å². The fourth-order valence-electron chi connectivity index (χ4n) is 3.66. The molecule has 4 rings (SSSR count). The predicted molar refractivity (Wildman–Crippen MR) is 121 cm³/mol. The Morgan fingerprint density at radius 1 is 1.03 bits per heavy atom. The van der Waals surface area contributed by atoms with Crippen molar-refractivity contribution >= 4 is 38.9 Å². The number of hydrogen-bond acceptors (Lipinski definition) is 3. The summed E-state index contributed by atoms with van der Waals surface area (Å²) in [5.41, 5.74) is 4.48. The lowest BCUT2D eigenvalue weighted by molar-refractivity contribution is -0.114. The van der Waals surface area contributed by atoms with E-state index in [1.807, 2.05) is 32.0 Å². The zero-order valence-corrected chi connectivity index (χ0v) is 18.2. The van der Waals surface area contributed by atoms with E-state index in [0.29, 0.717) is 22.0 Å². The van der Waals surface area contributed by atoms with Crippen molar-refractivity contribution in [1.82, 2.24) is 0 Å². The normalized spacial score (nSPS) is 14.0. The molecule has 1 heterocycles. The van der Waals surface area contributed by atoms with E-state index >= 15 is 0 Å². The number of halogens is 1. The van der Waals surface area contributed by atoms with Gasteiger partial charge in [0.1, 0.15) is 6.54 Å². The fourth-order valence-corrected chi connectivity index (χ4v) is 5.53. The van der Waals surface area contributed by atoms with E-state index in [1.54, 1.807) is 42.5 Å². The topological polar surface area (TPSA) is 66.5 Å². The van der Waals surface area contributed by atoms with Crippen molar-refractivity contribution in [2.24, 2.45) is 0 Å². The van der Waals surface area contributed by atoms with Crippen LogP contribution >= 0.6 is 11.6 Å². The Bertz CT molecular complexity index is 1260. The molecule has 1 N–H and O–H groups in total. The van der Waals surface area contributed by atoms with Crippen molar-refractivity contribution in [3.63, 3.8) is 0 Å². The average molecular weight is 441 g/mol. The molecule has 0 saturated carbocycles. The van der Waals surface area contributed by atoms with Gasteiger partial charge in [-0.3, -0.25) is 9.10 Å². The number of nitrogens with zero attached hydrogens (tertiary/aromatic N) is 1. The molecule has 0 unspecified atom stereocenters. The van der Waals surface area contributed by atoms with E-state index in [0.717, 1.165) is 23.1 Å². The Morgan fingerprint density at radius 3 is 2.53 bits per heavy atom. The van der Waals surface area contributed by atoms with Gasteiger partial charge in [0.2, 0.25) is 5.91 Å². The first-order valence-electron chi connectivity index (χ1n) is 9.62. The number of sulfonamides is 1. The van der Waals surface area contributed by atoms with Gasteiger partial charge in [0.15, 0.2) is 0 Å². The van der Waals surface area contributed by atoms with Crippen LogP contribution in [0.4, 0.5) is 11.4 Å². The minimum absolute atomic E-state index is 0.209. The fraction of sp³-hybridized carbons (Fsp3) is 0.174. The van der Waals surface area contributed by atoms with Crippen LogP contribution in [0, 0.1) is 6.92 Å². The lowest BCUT2D eigenvalue weighted by atomic mass is 9.99. The standard InChI is InChI=1S/C23H21ClN2O3S/c1-3-16-8-11-21-19(13-16)18-6-4-5-7-22(18)30(28,29)26(21)14-23(27)25-20-10-9-17(24)12-15(20)2/h4-13H,3,14H2,1-2H3,(H,25,27). The first kappa shape index (κ1) is 20.4. The van der Waals surface area contributed by atoms with E-state index in [2.05, 4.69) is 5.32 Å². The number of fused-ring (bicyclic) bond motifs is 3. The van der Waals surface area contributed by atoms with Crippen LogP contribution in [0.3, 0.4) is 0 Å². The number of aryl methyl sites for hydroxylation is 2. The molecule has 1 aliphatic heterocycles. The van der Waals surface area contributed by atoms with Gasteiger partial charge in [-0.1, -0.05) is 42.8 Å². The summed E-state index contributed by atoms with van der Waals surface area (Å²) in [5, 5.41) is 3.37. The van der Waals surface area contributed by atoms with Crippen LogP contribution in [0.15, 0.2) is 65.6 Å². The van der Waals surface area contributed by atoms with Crippen LogP contribution in [-0.4, -0.2) is 20.9 Å². The molecule has 5 nitrogen and oxygen atoms in total. The molecule has 0 aromatic heterocycles. The number of benzene rings is 3. The van der Waals surface area contributed by atoms with Crippen LogP contribution < -0.4 is 9.62 Å². The summed E-state index contributed by atoms with van der Waals surface area (Å²) in [6, 6.07) is 17.7. The van der Waals surface area contributed by atoms with Crippen LogP contribution in [0.1, 0.15) is 18.1 Å². The van der Waals surface area contributed by atoms with Crippen molar-refractivity contribution in [2.45, 2.75) is 25.2 Å². The molecule has 154 valence electrons. The maximum atomic E-state index is 13.3. The number of hydrogen-bond donors (Lipinski definition) is 1. The quantitative estimate of drug-likeness (QED) is 0.619. The van der Waals surface area contributed by atoms with Gasteiger partial charge in [-0.25, -0.2) is 8.42 Å². The summed E-state index contributed by atoms with van der Waals surface area (Å²) in [7, 11) is -3.87. The average Bonchev–Trinajstić information content (AvgIpc) is 2.73. The van der Waals surface area contributed by atoms with E-state index in [-0.39, 0.29) is 11.4 Å². The second-order valence-electron chi connectivity index (χ2n) is 7.22. The van der Waals surface area contributed by atoms with Crippen molar-refractivity contribution in [2.75, 3.05) is 16.2 Å².